The van der Waals surface area contributed by atoms with Gasteiger partial charge in [-0.3, -0.25) is 0 Å². The van der Waals surface area contributed by atoms with Gasteiger partial charge in [-0.1, -0.05) is 25.1 Å². The van der Waals surface area contributed by atoms with Crippen LogP contribution in [0.5, 0.6) is 0 Å². The van der Waals surface area contributed by atoms with Crippen LogP contribution in [-0.4, -0.2) is 23.6 Å². The van der Waals surface area contributed by atoms with Crippen molar-refractivity contribution >= 4 is 11.5 Å². The molecule has 4 nitrogen and oxygen atoms in total. The smallest absolute Gasteiger partial charge is 0.132 e. The molecule has 21 heavy (non-hydrogen) atoms. The van der Waals surface area contributed by atoms with Gasteiger partial charge in [0, 0.05) is 38.3 Å². The molecular formula is C17H24N4. The van der Waals surface area contributed by atoms with Gasteiger partial charge >= 0.3 is 0 Å². The van der Waals surface area contributed by atoms with E-state index in [-0.39, 0.29) is 0 Å². The van der Waals surface area contributed by atoms with Gasteiger partial charge < -0.3 is 15.2 Å². The molecular weight excluding hydrogens is 260 g/mol. The van der Waals surface area contributed by atoms with Crippen molar-refractivity contribution in [2.24, 2.45) is 0 Å². The van der Waals surface area contributed by atoms with E-state index in [0.717, 1.165) is 41.4 Å². The third kappa shape index (κ3) is 3.10. The Labute approximate surface area is 126 Å². The van der Waals surface area contributed by atoms with Crippen LogP contribution in [0.15, 0.2) is 36.9 Å². The molecule has 0 aliphatic carbocycles. The van der Waals surface area contributed by atoms with Crippen molar-refractivity contribution < 1.29 is 0 Å². The van der Waals surface area contributed by atoms with Crippen molar-refractivity contribution in [2.45, 2.75) is 26.3 Å². The average Bonchev–Trinajstić information content (AvgIpc) is 2.77. The molecule has 2 N–H and O–H groups in total. The summed E-state index contributed by atoms with van der Waals surface area (Å²) in [5.74, 6) is 1.75. The number of aromatic nitrogens is 2. The predicted molar refractivity (Wildman–Crippen MR) is 90.6 cm³/mol. The first-order chi connectivity index (χ1) is 10.1. The highest BCUT2D eigenvalue weighted by atomic mass is 15.1. The number of imidazole rings is 1. The normalized spacial score (nSPS) is 10.6. The Balaban J connectivity index is 2.43. The van der Waals surface area contributed by atoms with Crippen LogP contribution in [0.3, 0.4) is 0 Å². The Morgan fingerprint density at radius 1 is 1.29 bits per heavy atom. The van der Waals surface area contributed by atoms with Gasteiger partial charge in [0.1, 0.15) is 17.3 Å². The fourth-order valence-corrected chi connectivity index (χ4v) is 2.39. The second kappa shape index (κ2) is 6.48. The third-order valence-electron chi connectivity index (χ3n) is 3.53. The molecule has 0 fully saturated rings. The average molecular weight is 284 g/mol. The molecule has 4 heteroatoms. The van der Waals surface area contributed by atoms with Gasteiger partial charge in [0.25, 0.3) is 0 Å². The van der Waals surface area contributed by atoms with Crippen molar-refractivity contribution in [2.75, 3.05) is 24.7 Å². The van der Waals surface area contributed by atoms with Gasteiger partial charge in [0.2, 0.25) is 0 Å². The standard InChI is InChI=1S/C17H24N4/c1-5-7-15-19-16(17(18)21(15)12-6-2)13-8-10-14(11-9-13)20(3)4/h6,8-11H,2,5,7,12,18H2,1,3-4H3. The fourth-order valence-electron chi connectivity index (χ4n) is 2.39. The lowest BCUT2D eigenvalue weighted by molar-refractivity contribution is 0.724. The van der Waals surface area contributed by atoms with Crippen LogP contribution in [0.4, 0.5) is 11.5 Å². The summed E-state index contributed by atoms with van der Waals surface area (Å²) in [7, 11) is 4.06. The van der Waals surface area contributed by atoms with Gasteiger partial charge in [0.05, 0.1) is 0 Å². The summed E-state index contributed by atoms with van der Waals surface area (Å²) in [5.41, 5.74) is 9.38. The molecule has 0 unspecified atom stereocenters. The lowest BCUT2D eigenvalue weighted by Gasteiger charge is -2.12. The van der Waals surface area contributed by atoms with E-state index in [2.05, 4.69) is 42.7 Å². The van der Waals surface area contributed by atoms with E-state index in [1.165, 1.54) is 0 Å². The summed E-state index contributed by atoms with van der Waals surface area (Å²) >= 11 is 0. The quantitative estimate of drug-likeness (QED) is 0.828. The lowest BCUT2D eigenvalue weighted by Crippen LogP contribution is -2.08. The van der Waals surface area contributed by atoms with E-state index in [1.54, 1.807) is 0 Å². The number of rotatable bonds is 6. The van der Waals surface area contributed by atoms with Crippen LogP contribution in [0, 0.1) is 0 Å². The van der Waals surface area contributed by atoms with E-state index in [9.17, 15) is 0 Å². The Hall–Kier alpha value is -2.23. The third-order valence-corrected chi connectivity index (χ3v) is 3.53. The van der Waals surface area contributed by atoms with Crippen LogP contribution in [-0.2, 0) is 13.0 Å². The van der Waals surface area contributed by atoms with Crippen LogP contribution in [0.1, 0.15) is 19.2 Å². The van der Waals surface area contributed by atoms with E-state index >= 15 is 0 Å². The maximum absolute atomic E-state index is 6.29. The van der Waals surface area contributed by atoms with Gasteiger partial charge in [-0.2, -0.15) is 0 Å². The molecule has 1 heterocycles. The Kier molecular flexibility index (Phi) is 4.68. The molecule has 112 valence electrons. The van der Waals surface area contributed by atoms with Crippen LogP contribution in [0.2, 0.25) is 0 Å². The molecule has 0 bridgehead atoms. The van der Waals surface area contributed by atoms with Crippen molar-refractivity contribution in [1.82, 2.24) is 9.55 Å². The largest absolute Gasteiger partial charge is 0.383 e. The number of aryl methyl sites for hydroxylation is 1. The fraction of sp³-hybridized carbons (Fsp3) is 0.353. The maximum atomic E-state index is 6.29. The van der Waals surface area contributed by atoms with Gasteiger partial charge in [-0.25, -0.2) is 4.98 Å². The first kappa shape index (κ1) is 15.2. The number of nitrogen functional groups attached to an aromatic ring is 1. The first-order valence-electron chi connectivity index (χ1n) is 7.32. The summed E-state index contributed by atoms with van der Waals surface area (Å²) in [5, 5.41) is 0. The van der Waals surface area contributed by atoms with Gasteiger partial charge in [-0.05, 0) is 18.6 Å². The van der Waals surface area contributed by atoms with E-state index in [0.29, 0.717) is 6.54 Å². The van der Waals surface area contributed by atoms with Crippen LogP contribution >= 0.6 is 0 Å². The molecule has 0 saturated heterocycles. The van der Waals surface area contributed by atoms with Crippen molar-refractivity contribution in [1.29, 1.82) is 0 Å². The first-order valence-corrected chi connectivity index (χ1v) is 7.32. The number of allylic oxidation sites excluding steroid dienone is 1. The van der Waals surface area contributed by atoms with Crippen molar-refractivity contribution in [3.63, 3.8) is 0 Å². The van der Waals surface area contributed by atoms with E-state index in [4.69, 9.17) is 10.7 Å². The van der Waals surface area contributed by atoms with E-state index in [1.807, 2.05) is 24.7 Å². The summed E-state index contributed by atoms with van der Waals surface area (Å²) in [6, 6.07) is 8.31. The van der Waals surface area contributed by atoms with Gasteiger partial charge in [0.15, 0.2) is 0 Å². The SMILES string of the molecule is C=CCn1c(CCC)nc(-c2ccc(N(C)C)cc2)c1N. The van der Waals surface area contributed by atoms with Crippen LogP contribution < -0.4 is 10.6 Å². The number of nitrogens with two attached hydrogens (primary N) is 1. The lowest BCUT2D eigenvalue weighted by atomic mass is 10.1. The summed E-state index contributed by atoms with van der Waals surface area (Å²) in [6.45, 7) is 6.65. The molecule has 0 aliphatic rings. The molecule has 2 rings (SSSR count). The monoisotopic (exact) mass is 284 g/mol. The minimum atomic E-state index is 0.698. The minimum absolute atomic E-state index is 0.698. The number of nitrogens with zero attached hydrogens (tertiary/aromatic N) is 3. The summed E-state index contributed by atoms with van der Waals surface area (Å²) < 4.78 is 2.05. The molecule has 0 aliphatic heterocycles. The molecule has 0 amide bonds. The van der Waals surface area contributed by atoms with E-state index < -0.39 is 0 Å². The van der Waals surface area contributed by atoms with Crippen molar-refractivity contribution in [3.8, 4) is 11.3 Å². The molecule has 0 radical (unpaired) electrons. The zero-order chi connectivity index (χ0) is 15.4. The minimum Gasteiger partial charge on any atom is -0.383 e. The molecule has 1 aromatic carbocycles. The second-order valence-corrected chi connectivity index (χ2v) is 5.35. The molecule has 2 aromatic rings. The number of benzene rings is 1. The Morgan fingerprint density at radius 2 is 1.95 bits per heavy atom. The summed E-state index contributed by atoms with van der Waals surface area (Å²) in [6.07, 6.45) is 3.83. The molecule has 0 saturated carbocycles. The number of hydrogen-bond donors (Lipinski definition) is 1. The highest BCUT2D eigenvalue weighted by molar-refractivity contribution is 5.72. The maximum Gasteiger partial charge on any atom is 0.132 e. The van der Waals surface area contributed by atoms with Crippen molar-refractivity contribution in [3.05, 3.63) is 42.7 Å². The molecule has 0 spiro atoms. The Bertz CT molecular complexity index is 608. The summed E-state index contributed by atoms with van der Waals surface area (Å²) in [4.78, 5) is 6.81. The highest BCUT2D eigenvalue weighted by Crippen LogP contribution is 2.28. The highest BCUT2D eigenvalue weighted by Gasteiger charge is 2.14. The topological polar surface area (TPSA) is 47.1 Å². The zero-order valence-corrected chi connectivity index (χ0v) is 13.1. The molecule has 1 aromatic heterocycles. The second-order valence-electron chi connectivity index (χ2n) is 5.35. The predicted octanol–water partition coefficient (Wildman–Crippen LogP) is 3.34. The molecule has 0 atom stereocenters. The zero-order valence-electron chi connectivity index (χ0n) is 13.1. The van der Waals surface area contributed by atoms with Gasteiger partial charge in [-0.15, -0.1) is 6.58 Å². The number of hydrogen-bond acceptors (Lipinski definition) is 3. The number of anilines is 2. The van der Waals surface area contributed by atoms with Crippen LogP contribution in [0.25, 0.3) is 11.3 Å². The Morgan fingerprint density at radius 3 is 2.48 bits per heavy atom.